The zero-order valence-corrected chi connectivity index (χ0v) is 15.6. The van der Waals surface area contributed by atoms with Crippen LogP contribution in [0.1, 0.15) is 27.0 Å². The van der Waals surface area contributed by atoms with E-state index in [0.717, 1.165) is 5.56 Å². The lowest BCUT2D eigenvalue weighted by molar-refractivity contribution is -0.193. The highest BCUT2D eigenvalue weighted by Crippen LogP contribution is 2.41. The van der Waals surface area contributed by atoms with Gasteiger partial charge in [0.25, 0.3) is 0 Å². The van der Waals surface area contributed by atoms with Gasteiger partial charge in [-0.1, -0.05) is 6.07 Å². The number of benzene rings is 1. The normalized spacial score (nSPS) is 12.5. The summed E-state index contributed by atoms with van der Waals surface area (Å²) in [5, 5.41) is 9.55. The summed E-state index contributed by atoms with van der Waals surface area (Å²) >= 11 is 0. The fraction of sp³-hybridized carbons (Fsp3) is 0.143. The van der Waals surface area contributed by atoms with Crippen LogP contribution in [0.5, 0.6) is 0 Å². The van der Waals surface area contributed by atoms with E-state index in [0.29, 0.717) is 41.0 Å². The molecule has 1 aliphatic carbocycles. The number of nitrogens with zero attached hydrogens (tertiary/aromatic N) is 2. The molecule has 0 atom stereocenters. The van der Waals surface area contributed by atoms with Gasteiger partial charge in [-0.05, 0) is 48.2 Å². The predicted octanol–water partition coefficient (Wildman–Crippen LogP) is 3.81. The second-order valence-electron chi connectivity index (χ2n) is 6.71. The van der Waals surface area contributed by atoms with Crippen molar-refractivity contribution >= 4 is 17.8 Å². The Labute approximate surface area is 172 Å². The number of ether oxygens (including phenoxy) is 1. The van der Waals surface area contributed by atoms with Crippen molar-refractivity contribution in [2.24, 2.45) is 0 Å². The number of aryl methyl sites for hydroxylation is 1. The quantitative estimate of drug-likeness (QED) is 0.488. The Kier molecular flexibility index (Phi) is 4.74. The van der Waals surface area contributed by atoms with E-state index in [1.807, 2.05) is 6.07 Å². The number of hydrogen-bond acceptors (Lipinski definition) is 7. The number of nitriles is 1. The number of furan rings is 1. The number of alkyl halides is 3. The number of aromatic nitrogens is 1. The minimum absolute atomic E-state index is 0.000222. The van der Waals surface area contributed by atoms with E-state index in [9.17, 15) is 28.0 Å². The molecule has 1 aliphatic rings. The van der Waals surface area contributed by atoms with Gasteiger partial charge >= 0.3 is 18.1 Å². The van der Waals surface area contributed by atoms with Crippen LogP contribution in [0.4, 0.5) is 19.0 Å². The first-order chi connectivity index (χ1) is 14.7. The molecule has 0 bridgehead atoms. The second-order valence-corrected chi connectivity index (χ2v) is 6.71. The van der Waals surface area contributed by atoms with Gasteiger partial charge in [0.05, 0.1) is 17.5 Å². The van der Waals surface area contributed by atoms with Crippen LogP contribution < -0.4 is 5.73 Å². The zero-order chi connectivity index (χ0) is 22.3. The number of halogens is 3. The lowest BCUT2D eigenvalue weighted by atomic mass is 9.84. The van der Waals surface area contributed by atoms with Crippen molar-refractivity contribution in [3.63, 3.8) is 0 Å². The molecule has 1 aromatic carbocycles. The van der Waals surface area contributed by atoms with E-state index in [4.69, 9.17) is 10.2 Å². The molecule has 0 fully saturated rings. The summed E-state index contributed by atoms with van der Waals surface area (Å²) in [4.78, 5) is 27.2. The van der Waals surface area contributed by atoms with Gasteiger partial charge in [0.2, 0.25) is 0 Å². The van der Waals surface area contributed by atoms with Crippen LogP contribution in [0.25, 0.3) is 22.6 Å². The maximum Gasteiger partial charge on any atom is 0.491 e. The molecule has 31 heavy (non-hydrogen) atoms. The Balaban J connectivity index is 1.77. The van der Waals surface area contributed by atoms with Gasteiger partial charge in [-0.2, -0.15) is 18.4 Å². The number of fused-ring (bicyclic) bond motifs is 3. The maximum atomic E-state index is 12.3. The molecule has 3 aromatic rings. The van der Waals surface area contributed by atoms with Gasteiger partial charge in [-0.3, -0.25) is 0 Å². The highest BCUT2D eigenvalue weighted by molar-refractivity contribution is 5.99. The molecule has 2 N–H and O–H groups in total. The SMILES string of the molecule is N#Cc1c(N)nc2c(c1-c1ccco1)CCc1cc(C(=O)OC(=O)C(F)(F)F)ccc1-2. The van der Waals surface area contributed by atoms with Crippen molar-refractivity contribution in [2.45, 2.75) is 19.0 Å². The number of hydrogen-bond donors (Lipinski definition) is 1. The van der Waals surface area contributed by atoms with E-state index < -0.39 is 18.1 Å². The van der Waals surface area contributed by atoms with Crippen molar-refractivity contribution in [3.8, 4) is 28.7 Å². The Bertz CT molecular complexity index is 1260. The molecular formula is C21H12F3N3O4. The molecule has 7 nitrogen and oxygen atoms in total. The molecule has 0 unspecified atom stereocenters. The molecule has 0 amide bonds. The number of anilines is 1. The minimum Gasteiger partial charge on any atom is -0.464 e. The minimum atomic E-state index is -5.27. The van der Waals surface area contributed by atoms with Gasteiger partial charge in [-0.25, -0.2) is 14.6 Å². The van der Waals surface area contributed by atoms with Gasteiger partial charge in [0, 0.05) is 11.1 Å². The van der Waals surface area contributed by atoms with Crippen molar-refractivity contribution in [1.82, 2.24) is 4.98 Å². The van der Waals surface area contributed by atoms with Crippen LogP contribution >= 0.6 is 0 Å². The molecule has 2 aromatic heterocycles. The summed E-state index contributed by atoms with van der Waals surface area (Å²) < 4.78 is 46.4. The molecule has 0 aliphatic heterocycles. The first kappa shape index (κ1) is 20.2. The monoisotopic (exact) mass is 427 g/mol. The highest BCUT2D eigenvalue weighted by Gasteiger charge is 2.42. The van der Waals surface area contributed by atoms with Crippen LogP contribution in [0.15, 0.2) is 41.0 Å². The molecule has 4 rings (SSSR count). The smallest absolute Gasteiger partial charge is 0.464 e. The third kappa shape index (κ3) is 3.50. The standard InChI is InChI=1S/C21H12F3N3O4/c22-21(23,24)20(29)31-19(28)11-4-5-12-10(8-11)3-6-13-16(15-2-1-7-30-15)14(9-25)18(26)27-17(12)13/h1-2,4-5,7-8H,3,6H2,(H2,26,27). The number of pyridine rings is 1. The van der Waals surface area contributed by atoms with E-state index in [1.165, 1.54) is 24.5 Å². The van der Waals surface area contributed by atoms with E-state index in [1.54, 1.807) is 12.1 Å². The average molecular weight is 427 g/mol. The van der Waals surface area contributed by atoms with Crippen LogP contribution in [0, 0.1) is 11.3 Å². The fourth-order valence-electron chi connectivity index (χ4n) is 3.53. The first-order valence-corrected chi connectivity index (χ1v) is 8.93. The Morgan fingerprint density at radius 3 is 2.65 bits per heavy atom. The number of nitrogen functional groups attached to an aromatic ring is 1. The third-order valence-electron chi connectivity index (χ3n) is 4.86. The molecule has 156 valence electrons. The Morgan fingerprint density at radius 1 is 1.23 bits per heavy atom. The lowest BCUT2D eigenvalue weighted by Gasteiger charge is -2.23. The molecule has 10 heteroatoms. The first-order valence-electron chi connectivity index (χ1n) is 8.93. The van der Waals surface area contributed by atoms with Crippen LogP contribution in [-0.4, -0.2) is 23.1 Å². The summed E-state index contributed by atoms with van der Waals surface area (Å²) in [5.74, 6) is -3.53. The highest BCUT2D eigenvalue weighted by atomic mass is 19.4. The van der Waals surface area contributed by atoms with Crippen molar-refractivity contribution in [3.05, 3.63) is 58.8 Å². The van der Waals surface area contributed by atoms with E-state index >= 15 is 0 Å². The lowest BCUT2D eigenvalue weighted by Crippen LogP contribution is -2.28. The maximum absolute atomic E-state index is 12.3. The Hall–Kier alpha value is -4.13. The molecule has 0 saturated carbocycles. The predicted molar refractivity (Wildman–Crippen MR) is 100 cm³/mol. The summed E-state index contributed by atoms with van der Waals surface area (Å²) in [6, 6.07) is 9.51. The third-order valence-corrected chi connectivity index (χ3v) is 4.86. The van der Waals surface area contributed by atoms with Crippen molar-refractivity contribution < 1.29 is 31.9 Å². The number of rotatable bonds is 2. The van der Waals surface area contributed by atoms with E-state index in [2.05, 4.69) is 9.72 Å². The topological polar surface area (TPSA) is 119 Å². The molecule has 2 heterocycles. The summed E-state index contributed by atoms with van der Waals surface area (Å²) in [6.07, 6.45) is -2.98. The molecule has 0 saturated heterocycles. The zero-order valence-electron chi connectivity index (χ0n) is 15.6. The van der Waals surface area contributed by atoms with E-state index in [-0.39, 0.29) is 16.9 Å². The number of carbonyl (C=O) groups is 2. The largest absolute Gasteiger partial charge is 0.491 e. The number of esters is 2. The van der Waals surface area contributed by atoms with Gasteiger partial charge in [0.1, 0.15) is 23.2 Å². The molecular weight excluding hydrogens is 415 g/mol. The van der Waals surface area contributed by atoms with Gasteiger partial charge in [0.15, 0.2) is 0 Å². The Morgan fingerprint density at radius 2 is 2.00 bits per heavy atom. The van der Waals surface area contributed by atoms with Gasteiger partial charge in [-0.15, -0.1) is 0 Å². The van der Waals surface area contributed by atoms with Crippen LogP contribution in [-0.2, 0) is 22.4 Å². The average Bonchev–Trinajstić information content (AvgIpc) is 3.25. The van der Waals surface area contributed by atoms with Gasteiger partial charge < -0.3 is 14.9 Å². The summed E-state index contributed by atoms with van der Waals surface area (Å²) in [5.41, 5.74) is 8.94. The molecule has 0 radical (unpaired) electrons. The summed E-state index contributed by atoms with van der Waals surface area (Å²) in [6.45, 7) is 0. The van der Waals surface area contributed by atoms with Crippen molar-refractivity contribution in [1.29, 1.82) is 5.26 Å². The van der Waals surface area contributed by atoms with Crippen molar-refractivity contribution in [2.75, 3.05) is 5.73 Å². The fourth-order valence-corrected chi connectivity index (χ4v) is 3.53. The van der Waals surface area contributed by atoms with Crippen LogP contribution in [0.3, 0.4) is 0 Å². The number of carbonyl (C=O) groups excluding carboxylic acids is 2. The van der Waals surface area contributed by atoms with Crippen LogP contribution in [0.2, 0.25) is 0 Å². The summed E-state index contributed by atoms with van der Waals surface area (Å²) in [7, 11) is 0. The molecule has 0 spiro atoms. The number of nitrogens with two attached hydrogens (primary N) is 1. The second kappa shape index (κ2) is 7.28.